The summed E-state index contributed by atoms with van der Waals surface area (Å²) in [6.07, 6.45) is 6.38. The fraction of sp³-hybridized carbons (Fsp3) is 0.588. The largest absolute Gasteiger partial charge is 0.490 e. The maximum Gasteiger partial charge on any atom is 0.162 e. The van der Waals surface area contributed by atoms with Crippen LogP contribution in [0.15, 0.2) is 24.3 Å². The molecule has 1 saturated carbocycles. The minimum Gasteiger partial charge on any atom is -0.490 e. The van der Waals surface area contributed by atoms with Crippen LogP contribution in [0.2, 0.25) is 0 Å². The number of Topliss-reactive ketones (excluding diaryl/α,β-unsaturated/α-hetero) is 1. The first-order chi connectivity index (χ1) is 9.71. The van der Waals surface area contributed by atoms with Crippen LogP contribution in [0.3, 0.4) is 0 Å². The molecule has 1 aromatic rings. The minimum atomic E-state index is 0.112. The van der Waals surface area contributed by atoms with Gasteiger partial charge in [-0.15, -0.1) is 0 Å². The van der Waals surface area contributed by atoms with Gasteiger partial charge in [0.1, 0.15) is 11.9 Å². The third-order valence-electron chi connectivity index (χ3n) is 4.51. The molecular formula is C17H22O3. The highest BCUT2D eigenvalue weighted by Gasteiger charge is 2.43. The fourth-order valence-corrected chi connectivity index (χ4v) is 3.12. The predicted octanol–water partition coefficient (Wildman–Crippen LogP) is 3.76. The van der Waals surface area contributed by atoms with Crippen LogP contribution in [0.4, 0.5) is 0 Å². The Balaban J connectivity index is 1.61. The number of ether oxygens (including phenoxy) is 2. The third-order valence-corrected chi connectivity index (χ3v) is 4.51. The lowest BCUT2D eigenvalue weighted by Gasteiger charge is -2.46. The van der Waals surface area contributed by atoms with Crippen LogP contribution in [0, 0.1) is 0 Å². The number of carbonyl (C=O) groups excluding carboxylic acids is 1. The van der Waals surface area contributed by atoms with E-state index in [1.54, 1.807) is 0 Å². The van der Waals surface area contributed by atoms with Gasteiger partial charge in [0.05, 0.1) is 12.2 Å². The fourth-order valence-electron chi connectivity index (χ4n) is 3.12. The molecule has 1 atom stereocenters. The summed E-state index contributed by atoms with van der Waals surface area (Å²) in [7, 11) is 0. The van der Waals surface area contributed by atoms with E-state index >= 15 is 0 Å². The number of hydrogen-bond acceptors (Lipinski definition) is 3. The summed E-state index contributed by atoms with van der Waals surface area (Å²) in [6, 6.07) is 7.54. The van der Waals surface area contributed by atoms with E-state index in [4.69, 9.17) is 9.47 Å². The Morgan fingerprint density at radius 2 is 2.10 bits per heavy atom. The van der Waals surface area contributed by atoms with E-state index in [-0.39, 0.29) is 17.5 Å². The first kappa shape index (κ1) is 13.6. The zero-order valence-corrected chi connectivity index (χ0v) is 12.1. The molecule has 3 nitrogen and oxygen atoms in total. The molecule has 0 aromatic heterocycles. The number of hydrogen-bond donors (Lipinski definition) is 0. The van der Waals surface area contributed by atoms with Crippen LogP contribution in [-0.2, 0) is 4.74 Å². The maximum atomic E-state index is 11.6. The average molecular weight is 274 g/mol. The van der Waals surface area contributed by atoms with E-state index in [1.165, 1.54) is 19.3 Å². The summed E-state index contributed by atoms with van der Waals surface area (Å²) in [5.41, 5.74) is 0.878. The second kappa shape index (κ2) is 5.57. The molecule has 2 fully saturated rings. The average Bonchev–Trinajstić information content (AvgIpc) is 2.46. The quantitative estimate of drug-likeness (QED) is 0.784. The molecule has 0 bridgehead atoms. The molecule has 20 heavy (non-hydrogen) atoms. The Kier molecular flexibility index (Phi) is 3.79. The molecule has 1 aliphatic heterocycles. The number of benzene rings is 1. The minimum absolute atomic E-state index is 0.112. The molecule has 3 heteroatoms. The van der Waals surface area contributed by atoms with E-state index in [1.807, 2.05) is 31.2 Å². The first-order valence-electron chi connectivity index (χ1n) is 7.65. The molecular weight excluding hydrogens is 252 g/mol. The predicted molar refractivity (Wildman–Crippen MR) is 77.2 cm³/mol. The van der Waals surface area contributed by atoms with Crippen LogP contribution in [0.1, 0.15) is 55.8 Å². The van der Waals surface area contributed by atoms with E-state index in [2.05, 4.69) is 0 Å². The monoisotopic (exact) mass is 274 g/mol. The van der Waals surface area contributed by atoms with E-state index in [0.29, 0.717) is 6.42 Å². The van der Waals surface area contributed by atoms with Gasteiger partial charge in [-0.1, -0.05) is 6.92 Å². The molecule has 2 aliphatic rings. The van der Waals surface area contributed by atoms with Crippen LogP contribution in [0.25, 0.3) is 0 Å². The SMILES string of the molecule is CCC(=O)c1ccc(OC2CCOC3(CCC3)C2)cc1. The third kappa shape index (κ3) is 2.73. The number of rotatable bonds is 4. The van der Waals surface area contributed by atoms with Crippen molar-refractivity contribution in [2.75, 3.05) is 6.61 Å². The Labute approximate surface area is 120 Å². The zero-order chi connectivity index (χ0) is 14.0. The van der Waals surface area contributed by atoms with Crippen molar-refractivity contribution < 1.29 is 14.3 Å². The second-order valence-electron chi connectivity index (χ2n) is 5.92. The van der Waals surface area contributed by atoms with Gasteiger partial charge in [0, 0.05) is 24.8 Å². The zero-order valence-electron chi connectivity index (χ0n) is 12.1. The van der Waals surface area contributed by atoms with Gasteiger partial charge in [-0.3, -0.25) is 4.79 Å². The molecule has 0 amide bonds. The van der Waals surface area contributed by atoms with Gasteiger partial charge in [-0.05, 0) is 43.5 Å². The Hall–Kier alpha value is -1.35. The second-order valence-corrected chi connectivity index (χ2v) is 5.92. The summed E-state index contributed by atoms with van der Waals surface area (Å²) < 4.78 is 12.0. The van der Waals surface area contributed by atoms with Crippen LogP contribution in [0.5, 0.6) is 5.75 Å². The lowest BCUT2D eigenvalue weighted by Crippen LogP contribution is -2.48. The number of carbonyl (C=O) groups is 1. The number of ketones is 1. The van der Waals surface area contributed by atoms with Crippen molar-refractivity contribution in [2.45, 2.75) is 57.2 Å². The van der Waals surface area contributed by atoms with E-state index in [0.717, 1.165) is 30.8 Å². The summed E-state index contributed by atoms with van der Waals surface area (Å²) in [5, 5.41) is 0. The van der Waals surface area contributed by atoms with Gasteiger partial charge in [-0.2, -0.15) is 0 Å². The lowest BCUT2D eigenvalue weighted by molar-refractivity contribution is -0.153. The topological polar surface area (TPSA) is 35.5 Å². The van der Waals surface area contributed by atoms with Gasteiger partial charge >= 0.3 is 0 Å². The van der Waals surface area contributed by atoms with Crippen LogP contribution >= 0.6 is 0 Å². The smallest absolute Gasteiger partial charge is 0.162 e. The van der Waals surface area contributed by atoms with Crippen molar-refractivity contribution in [3.63, 3.8) is 0 Å². The molecule has 1 spiro atoms. The van der Waals surface area contributed by atoms with E-state index < -0.39 is 0 Å². The normalized spacial score (nSPS) is 24.1. The van der Waals surface area contributed by atoms with Crippen LogP contribution < -0.4 is 4.74 Å². The Morgan fingerprint density at radius 3 is 2.70 bits per heavy atom. The van der Waals surface area contributed by atoms with Crippen molar-refractivity contribution in [1.29, 1.82) is 0 Å². The van der Waals surface area contributed by atoms with Gasteiger partial charge in [-0.25, -0.2) is 0 Å². The highest BCUT2D eigenvalue weighted by molar-refractivity contribution is 5.95. The Bertz CT molecular complexity index is 474. The standard InChI is InChI=1S/C17H22O3/c1-2-16(18)13-4-6-14(7-5-13)20-15-8-11-19-17(12-15)9-3-10-17/h4-7,15H,2-3,8-12H2,1H3. The van der Waals surface area contributed by atoms with Gasteiger partial charge in [0.25, 0.3) is 0 Å². The summed E-state index contributed by atoms with van der Waals surface area (Å²) in [6.45, 7) is 2.68. The molecule has 108 valence electrons. The molecule has 1 aromatic carbocycles. The molecule has 1 aliphatic carbocycles. The highest BCUT2D eigenvalue weighted by atomic mass is 16.5. The maximum absolute atomic E-state index is 11.6. The van der Waals surface area contributed by atoms with Crippen molar-refractivity contribution in [3.05, 3.63) is 29.8 Å². The van der Waals surface area contributed by atoms with Crippen molar-refractivity contribution >= 4 is 5.78 Å². The summed E-state index contributed by atoms with van der Waals surface area (Å²) >= 11 is 0. The Morgan fingerprint density at radius 1 is 1.35 bits per heavy atom. The summed E-state index contributed by atoms with van der Waals surface area (Å²) in [5.74, 6) is 1.04. The van der Waals surface area contributed by atoms with Crippen molar-refractivity contribution in [1.82, 2.24) is 0 Å². The van der Waals surface area contributed by atoms with E-state index in [9.17, 15) is 4.79 Å². The van der Waals surface area contributed by atoms with Gasteiger partial charge in [0.15, 0.2) is 5.78 Å². The highest BCUT2D eigenvalue weighted by Crippen LogP contribution is 2.43. The summed E-state index contributed by atoms with van der Waals surface area (Å²) in [4.78, 5) is 11.6. The molecule has 1 unspecified atom stereocenters. The van der Waals surface area contributed by atoms with Gasteiger partial charge < -0.3 is 9.47 Å². The molecule has 0 N–H and O–H groups in total. The molecule has 3 rings (SSSR count). The van der Waals surface area contributed by atoms with Crippen LogP contribution in [-0.4, -0.2) is 24.1 Å². The first-order valence-corrected chi connectivity index (χ1v) is 7.65. The lowest BCUT2D eigenvalue weighted by atomic mass is 9.74. The van der Waals surface area contributed by atoms with Crippen molar-refractivity contribution in [2.24, 2.45) is 0 Å². The van der Waals surface area contributed by atoms with Crippen molar-refractivity contribution in [3.8, 4) is 5.75 Å². The molecule has 1 saturated heterocycles. The molecule has 0 radical (unpaired) electrons. The molecule has 1 heterocycles. The van der Waals surface area contributed by atoms with Gasteiger partial charge in [0.2, 0.25) is 0 Å².